The summed E-state index contributed by atoms with van der Waals surface area (Å²) in [4.78, 5) is 31.0. The van der Waals surface area contributed by atoms with Gasteiger partial charge in [-0.25, -0.2) is 9.13 Å². The molecule has 0 aliphatic rings. The second kappa shape index (κ2) is 8.37. The van der Waals surface area contributed by atoms with Gasteiger partial charge in [0.15, 0.2) is 0 Å². The number of hydrogen-bond acceptors (Lipinski definition) is 3. The first-order valence-electron chi connectivity index (χ1n) is 1.53. The topological polar surface area (TPSA) is 124 Å². The fraction of sp³-hybridized carbons (Fsp3) is 0. The third-order valence-electron chi connectivity index (χ3n) is 0.213. The standard InChI is InChI=1S/3Li.H4O7P2.3H/c;;;1-8(2,3)7-9(4,5)6;;;/h;;;(H2,1,2,3)(H2,4,5,6);;;. The van der Waals surface area contributed by atoms with E-state index in [0.717, 1.165) is 0 Å². The van der Waals surface area contributed by atoms with Crippen molar-refractivity contribution in [3.8, 4) is 0 Å². The molecule has 12 heteroatoms. The van der Waals surface area contributed by atoms with Crippen LogP contribution in [0.4, 0.5) is 0 Å². The van der Waals surface area contributed by atoms with Gasteiger partial charge in [0.25, 0.3) is 0 Å². The van der Waals surface area contributed by atoms with Crippen molar-refractivity contribution in [1.29, 1.82) is 0 Å². The van der Waals surface area contributed by atoms with Crippen LogP contribution in [0.25, 0.3) is 0 Å². The van der Waals surface area contributed by atoms with Crippen molar-refractivity contribution in [2.24, 2.45) is 0 Å². The molecular formula is H7Li3O7P2. The van der Waals surface area contributed by atoms with Crippen LogP contribution in [0.1, 0.15) is 0 Å². The van der Waals surface area contributed by atoms with Crippen LogP contribution in [0, 0.1) is 0 Å². The summed E-state index contributed by atoms with van der Waals surface area (Å²) in [6, 6.07) is 0. The SMILES string of the molecule is O=P(O)(O)OP(=O)(O)O.[LiH].[LiH].[LiH]. The molecule has 0 amide bonds. The van der Waals surface area contributed by atoms with E-state index in [0.29, 0.717) is 0 Å². The van der Waals surface area contributed by atoms with Gasteiger partial charge in [0.05, 0.1) is 0 Å². The predicted molar refractivity (Wildman–Crippen MR) is 46.6 cm³/mol. The zero-order chi connectivity index (χ0) is 7.71. The Morgan fingerprint density at radius 1 is 0.750 bits per heavy atom. The van der Waals surface area contributed by atoms with Crippen molar-refractivity contribution in [2.75, 3.05) is 0 Å². The third-order valence-corrected chi connectivity index (χ3v) is 1.91. The van der Waals surface area contributed by atoms with Gasteiger partial charge in [0.1, 0.15) is 0 Å². The Morgan fingerprint density at radius 3 is 0.917 bits per heavy atom. The Hall–Kier alpha value is 2.05. The van der Waals surface area contributed by atoms with E-state index < -0.39 is 15.6 Å². The Bertz CT molecular complexity index is 157. The van der Waals surface area contributed by atoms with E-state index >= 15 is 0 Å². The van der Waals surface area contributed by atoms with Crippen molar-refractivity contribution < 1.29 is 33.0 Å². The molecule has 0 aromatic heterocycles. The van der Waals surface area contributed by atoms with Crippen molar-refractivity contribution in [1.82, 2.24) is 0 Å². The average Bonchev–Trinajstić information content (AvgIpc) is 1.14. The number of phosphoric acid groups is 2. The maximum absolute atomic E-state index is 9.63. The van der Waals surface area contributed by atoms with Crippen LogP contribution < -0.4 is 0 Å². The quantitative estimate of drug-likeness (QED) is 0.282. The molecule has 0 heterocycles. The molecule has 4 N–H and O–H groups in total. The zero-order valence-electron chi connectivity index (χ0n) is 3.91. The van der Waals surface area contributed by atoms with Gasteiger partial charge in [-0.05, 0) is 0 Å². The van der Waals surface area contributed by atoms with Gasteiger partial charge in [-0.1, -0.05) is 0 Å². The Balaban J connectivity index is -0.000000107. The van der Waals surface area contributed by atoms with Crippen LogP contribution in [0.5, 0.6) is 0 Å². The first-order chi connectivity index (χ1) is 3.71. The first kappa shape index (κ1) is 23.7. The van der Waals surface area contributed by atoms with Crippen molar-refractivity contribution in [3.63, 3.8) is 0 Å². The van der Waals surface area contributed by atoms with Crippen molar-refractivity contribution in [3.05, 3.63) is 0 Å². The number of hydrogen-bond donors (Lipinski definition) is 4. The van der Waals surface area contributed by atoms with E-state index in [1.807, 2.05) is 0 Å². The fourth-order valence-corrected chi connectivity index (χ4v) is 1.25. The molecule has 0 atom stereocenters. The molecule has 62 valence electrons. The zero-order valence-corrected chi connectivity index (χ0v) is 5.70. The van der Waals surface area contributed by atoms with Gasteiger partial charge < -0.3 is 19.6 Å². The molecule has 0 spiro atoms. The summed E-state index contributed by atoms with van der Waals surface area (Å²) in [7, 11) is -10.1. The van der Waals surface area contributed by atoms with Crippen LogP contribution in [0.3, 0.4) is 0 Å². The summed E-state index contributed by atoms with van der Waals surface area (Å²) >= 11 is 0. The van der Waals surface area contributed by atoms with Gasteiger partial charge in [-0.2, -0.15) is 4.31 Å². The predicted octanol–water partition coefficient (Wildman–Crippen LogP) is -2.76. The summed E-state index contributed by atoms with van der Waals surface area (Å²) in [6.45, 7) is 0. The molecule has 0 unspecified atom stereocenters. The van der Waals surface area contributed by atoms with Crippen LogP contribution in [0.15, 0.2) is 0 Å². The van der Waals surface area contributed by atoms with Crippen LogP contribution >= 0.6 is 15.6 Å². The van der Waals surface area contributed by atoms with E-state index in [4.69, 9.17) is 19.6 Å². The molecule has 0 bridgehead atoms. The van der Waals surface area contributed by atoms with Crippen molar-refractivity contribution >= 4 is 72.2 Å². The summed E-state index contributed by atoms with van der Waals surface area (Å²) in [5.41, 5.74) is 0. The summed E-state index contributed by atoms with van der Waals surface area (Å²) in [5, 5.41) is 0. The molecule has 0 fully saturated rings. The molecule has 0 aromatic carbocycles. The molecule has 7 nitrogen and oxygen atoms in total. The van der Waals surface area contributed by atoms with Crippen LogP contribution in [-0.4, -0.2) is 76.2 Å². The maximum atomic E-state index is 9.63. The summed E-state index contributed by atoms with van der Waals surface area (Å²) < 4.78 is 22.2. The van der Waals surface area contributed by atoms with Crippen LogP contribution in [0.2, 0.25) is 0 Å². The Morgan fingerprint density at radius 2 is 0.917 bits per heavy atom. The average molecular weight is 202 g/mol. The van der Waals surface area contributed by atoms with Gasteiger partial charge >= 0.3 is 72.2 Å². The second-order valence-corrected chi connectivity index (χ2v) is 3.68. The van der Waals surface area contributed by atoms with Gasteiger partial charge in [-0.3, -0.25) is 0 Å². The minimum absolute atomic E-state index is 0. The second-order valence-electron chi connectivity index (χ2n) is 1.06. The van der Waals surface area contributed by atoms with Crippen LogP contribution in [-0.2, 0) is 13.4 Å². The van der Waals surface area contributed by atoms with E-state index in [1.54, 1.807) is 0 Å². The van der Waals surface area contributed by atoms with Crippen molar-refractivity contribution in [2.45, 2.75) is 0 Å². The Labute approximate surface area is 105 Å². The minimum atomic E-state index is -5.05. The Kier molecular flexibility index (Phi) is 16.5. The van der Waals surface area contributed by atoms with Gasteiger partial charge in [-0.15, -0.1) is 0 Å². The molecule has 0 aromatic rings. The fourth-order valence-electron chi connectivity index (χ4n) is 0.139. The normalized spacial score (nSPS) is 10.3. The molecule has 0 rings (SSSR count). The summed E-state index contributed by atoms with van der Waals surface area (Å²) in [5.74, 6) is 0. The molecule has 0 saturated carbocycles. The van der Waals surface area contributed by atoms with Gasteiger partial charge in [0.2, 0.25) is 0 Å². The molecule has 0 radical (unpaired) electrons. The molecule has 0 aliphatic carbocycles. The van der Waals surface area contributed by atoms with E-state index in [-0.39, 0.29) is 56.6 Å². The van der Waals surface area contributed by atoms with E-state index in [9.17, 15) is 9.13 Å². The van der Waals surface area contributed by atoms with E-state index in [2.05, 4.69) is 4.31 Å². The monoisotopic (exact) mass is 202 g/mol. The van der Waals surface area contributed by atoms with Gasteiger partial charge in [0, 0.05) is 0 Å². The first-order valence-corrected chi connectivity index (χ1v) is 4.59. The third kappa shape index (κ3) is 22.7. The van der Waals surface area contributed by atoms with E-state index in [1.165, 1.54) is 0 Å². The molecular weight excluding hydrogens is 195 g/mol. The molecule has 0 saturated heterocycles. The molecule has 12 heavy (non-hydrogen) atoms. The summed E-state index contributed by atoms with van der Waals surface area (Å²) in [6.07, 6.45) is 0. The number of rotatable bonds is 2. The molecule has 0 aliphatic heterocycles.